The molecule has 3 rings (SSSR count). The summed E-state index contributed by atoms with van der Waals surface area (Å²) in [5, 5.41) is 7.02. The minimum absolute atomic E-state index is 0. The summed E-state index contributed by atoms with van der Waals surface area (Å²) in [7, 11) is 0. The van der Waals surface area contributed by atoms with E-state index in [0.29, 0.717) is 0 Å². The van der Waals surface area contributed by atoms with Gasteiger partial charge in [-0.25, -0.2) is 0 Å². The van der Waals surface area contributed by atoms with Gasteiger partial charge in [0.25, 0.3) is 0 Å². The standard InChI is InChI=1S/C20H30BrN3OS.HI/c1-3-22-18(24-15-20(26-2)10-12-25-13-11-20)23-14-19(8-9-19)16-6-4-5-7-17(16)21;/h4-7H,3,8-15H2,1-2H3,(H2,22,23,24);1H. The summed E-state index contributed by atoms with van der Waals surface area (Å²) in [5.41, 5.74) is 1.65. The summed E-state index contributed by atoms with van der Waals surface area (Å²) in [6, 6.07) is 8.60. The van der Waals surface area contributed by atoms with Crippen molar-refractivity contribution in [2.45, 2.75) is 42.8 Å². The SMILES string of the molecule is CCNC(=NCC1(SC)CCOCC1)NCC1(c2ccccc2Br)CC1.I. The molecule has 0 radical (unpaired) electrons. The molecule has 2 fully saturated rings. The fourth-order valence-corrected chi connectivity index (χ4v) is 5.05. The number of nitrogens with zero attached hydrogens (tertiary/aromatic N) is 1. The van der Waals surface area contributed by atoms with Crippen molar-refractivity contribution in [3.63, 3.8) is 0 Å². The molecule has 1 aromatic rings. The molecule has 0 amide bonds. The predicted molar refractivity (Wildman–Crippen MR) is 131 cm³/mol. The Morgan fingerprint density at radius 2 is 1.89 bits per heavy atom. The van der Waals surface area contributed by atoms with E-state index in [0.717, 1.165) is 51.6 Å². The molecular formula is C20H31BrIN3OS. The molecule has 1 heterocycles. The van der Waals surface area contributed by atoms with Crippen molar-refractivity contribution in [1.82, 2.24) is 10.6 Å². The lowest BCUT2D eigenvalue weighted by Gasteiger charge is -2.34. The third-order valence-corrected chi connectivity index (χ3v) is 7.69. The largest absolute Gasteiger partial charge is 0.381 e. The third kappa shape index (κ3) is 6.00. The number of halogens is 2. The van der Waals surface area contributed by atoms with Crippen LogP contribution in [0, 0.1) is 0 Å². The topological polar surface area (TPSA) is 45.7 Å². The smallest absolute Gasteiger partial charge is 0.191 e. The Balaban J connectivity index is 0.00000261. The van der Waals surface area contributed by atoms with Crippen LogP contribution in [0.25, 0.3) is 0 Å². The molecule has 27 heavy (non-hydrogen) atoms. The van der Waals surface area contributed by atoms with Crippen molar-refractivity contribution in [3.05, 3.63) is 34.3 Å². The maximum atomic E-state index is 5.54. The summed E-state index contributed by atoms with van der Waals surface area (Å²) in [5.74, 6) is 0.936. The second kappa shape index (κ2) is 10.7. The van der Waals surface area contributed by atoms with Gasteiger partial charge in [0, 0.05) is 40.9 Å². The van der Waals surface area contributed by atoms with Crippen molar-refractivity contribution >= 4 is 57.6 Å². The van der Waals surface area contributed by atoms with E-state index in [2.05, 4.69) is 64.0 Å². The molecule has 0 atom stereocenters. The Morgan fingerprint density at radius 1 is 1.19 bits per heavy atom. The van der Waals surface area contributed by atoms with E-state index in [9.17, 15) is 0 Å². The highest BCUT2D eigenvalue weighted by Gasteiger charge is 2.45. The van der Waals surface area contributed by atoms with Crippen molar-refractivity contribution in [2.75, 3.05) is 39.1 Å². The van der Waals surface area contributed by atoms with Gasteiger partial charge in [0.2, 0.25) is 0 Å². The highest BCUT2D eigenvalue weighted by molar-refractivity contribution is 14.0. The van der Waals surface area contributed by atoms with Gasteiger partial charge in [-0.2, -0.15) is 11.8 Å². The van der Waals surface area contributed by atoms with Gasteiger partial charge in [-0.3, -0.25) is 4.99 Å². The number of aliphatic imine (C=N–C) groups is 1. The van der Waals surface area contributed by atoms with E-state index >= 15 is 0 Å². The van der Waals surface area contributed by atoms with Crippen LogP contribution >= 0.6 is 51.7 Å². The zero-order chi connectivity index (χ0) is 18.5. The van der Waals surface area contributed by atoms with Gasteiger partial charge in [0.15, 0.2) is 5.96 Å². The van der Waals surface area contributed by atoms with Gasteiger partial charge in [-0.05, 0) is 50.5 Å². The molecule has 152 valence electrons. The molecule has 4 nitrogen and oxygen atoms in total. The Labute approximate surface area is 193 Å². The third-order valence-electron chi connectivity index (χ3n) is 5.60. The Hall–Kier alpha value is 0.01000. The number of guanidine groups is 1. The van der Waals surface area contributed by atoms with Crippen LogP contribution in [-0.2, 0) is 10.2 Å². The average Bonchev–Trinajstić information content (AvgIpc) is 3.46. The number of thioether (sulfide) groups is 1. The molecule has 1 aliphatic carbocycles. The summed E-state index contributed by atoms with van der Waals surface area (Å²) < 4.78 is 6.98. The molecule has 0 unspecified atom stereocenters. The van der Waals surface area contributed by atoms with E-state index < -0.39 is 0 Å². The molecular weight excluding hydrogens is 537 g/mol. The zero-order valence-corrected chi connectivity index (χ0v) is 21.0. The predicted octanol–water partition coefficient (Wildman–Crippen LogP) is 4.57. The highest BCUT2D eigenvalue weighted by Crippen LogP contribution is 2.49. The molecule has 0 spiro atoms. The summed E-state index contributed by atoms with van der Waals surface area (Å²) >= 11 is 5.66. The van der Waals surface area contributed by atoms with Crippen LogP contribution in [0.3, 0.4) is 0 Å². The second-order valence-corrected chi connectivity index (χ2v) is 9.44. The zero-order valence-electron chi connectivity index (χ0n) is 16.2. The van der Waals surface area contributed by atoms with Crippen molar-refractivity contribution in [2.24, 2.45) is 4.99 Å². The van der Waals surface area contributed by atoms with Crippen molar-refractivity contribution in [1.29, 1.82) is 0 Å². The second-order valence-electron chi connectivity index (χ2n) is 7.31. The first-order chi connectivity index (χ1) is 12.6. The molecule has 1 aliphatic heterocycles. The lowest BCUT2D eigenvalue weighted by molar-refractivity contribution is 0.0794. The minimum atomic E-state index is 0. The number of hydrogen-bond acceptors (Lipinski definition) is 3. The molecule has 7 heteroatoms. The van der Waals surface area contributed by atoms with Gasteiger partial charge in [0.1, 0.15) is 0 Å². The van der Waals surface area contributed by atoms with Gasteiger partial charge >= 0.3 is 0 Å². The highest BCUT2D eigenvalue weighted by atomic mass is 127. The van der Waals surface area contributed by atoms with E-state index in [1.54, 1.807) is 0 Å². The van der Waals surface area contributed by atoms with Crippen LogP contribution in [0.1, 0.15) is 38.2 Å². The molecule has 1 saturated heterocycles. The van der Waals surface area contributed by atoms with Crippen molar-refractivity contribution < 1.29 is 4.74 Å². The molecule has 0 bridgehead atoms. The van der Waals surface area contributed by atoms with Gasteiger partial charge in [0.05, 0.1) is 6.54 Å². The number of ether oxygens (including phenoxy) is 1. The normalized spacial score (nSPS) is 20.5. The quantitative estimate of drug-likeness (QED) is 0.288. The van der Waals surface area contributed by atoms with Crippen LogP contribution in [-0.4, -0.2) is 49.8 Å². The van der Waals surface area contributed by atoms with Gasteiger partial charge < -0.3 is 15.4 Å². The fraction of sp³-hybridized carbons (Fsp3) is 0.650. The fourth-order valence-electron chi connectivity index (χ4n) is 3.57. The minimum Gasteiger partial charge on any atom is -0.381 e. The van der Waals surface area contributed by atoms with Gasteiger partial charge in [-0.1, -0.05) is 34.1 Å². The number of hydrogen-bond donors (Lipinski definition) is 2. The monoisotopic (exact) mass is 567 g/mol. The van der Waals surface area contributed by atoms with E-state index in [1.807, 2.05) is 11.8 Å². The number of rotatable bonds is 7. The van der Waals surface area contributed by atoms with Gasteiger partial charge in [-0.15, -0.1) is 24.0 Å². The average molecular weight is 568 g/mol. The molecule has 1 saturated carbocycles. The molecule has 2 aliphatic rings. The van der Waals surface area contributed by atoms with Crippen molar-refractivity contribution in [3.8, 4) is 0 Å². The Morgan fingerprint density at radius 3 is 2.48 bits per heavy atom. The first kappa shape index (κ1) is 23.3. The maximum absolute atomic E-state index is 5.54. The van der Waals surface area contributed by atoms with Crippen LogP contribution in [0.5, 0.6) is 0 Å². The number of nitrogens with one attached hydrogen (secondary N) is 2. The van der Waals surface area contributed by atoms with Crippen LogP contribution < -0.4 is 10.6 Å². The first-order valence-corrected chi connectivity index (χ1v) is 11.5. The Kier molecular flexibility index (Phi) is 9.22. The molecule has 0 aromatic heterocycles. The summed E-state index contributed by atoms with van der Waals surface area (Å²) in [6.07, 6.45) is 6.82. The van der Waals surface area contributed by atoms with Crippen LogP contribution in [0.2, 0.25) is 0 Å². The van der Waals surface area contributed by atoms with Crippen LogP contribution in [0.15, 0.2) is 33.7 Å². The maximum Gasteiger partial charge on any atom is 0.191 e. The summed E-state index contributed by atoms with van der Waals surface area (Å²) in [4.78, 5) is 4.93. The molecule has 2 N–H and O–H groups in total. The molecule has 1 aromatic carbocycles. The van der Waals surface area contributed by atoms with Crippen LogP contribution in [0.4, 0.5) is 0 Å². The lowest BCUT2D eigenvalue weighted by Crippen LogP contribution is -2.43. The van der Waals surface area contributed by atoms with E-state index in [1.165, 1.54) is 22.9 Å². The Bertz CT molecular complexity index is 633. The first-order valence-electron chi connectivity index (χ1n) is 9.53. The number of benzene rings is 1. The lowest BCUT2D eigenvalue weighted by atomic mass is 9.96. The van der Waals surface area contributed by atoms with E-state index in [4.69, 9.17) is 9.73 Å². The van der Waals surface area contributed by atoms with E-state index in [-0.39, 0.29) is 34.1 Å². The summed E-state index contributed by atoms with van der Waals surface area (Å²) in [6.45, 7) is 6.47.